The first-order valence-electron chi connectivity index (χ1n) is 7.46. The van der Waals surface area contributed by atoms with Gasteiger partial charge in [0, 0.05) is 11.8 Å². The van der Waals surface area contributed by atoms with Crippen molar-refractivity contribution >= 4 is 5.69 Å². The summed E-state index contributed by atoms with van der Waals surface area (Å²) >= 11 is 0. The van der Waals surface area contributed by atoms with Crippen molar-refractivity contribution in [1.29, 1.82) is 0 Å². The number of para-hydroxylation sites is 1. The molecule has 0 amide bonds. The van der Waals surface area contributed by atoms with Gasteiger partial charge in [0.25, 0.3) is 0 Å². The van der Waals surface area contributed by atoms with E-state index < -0.39 is 4.92 Å². The molecule has 0 radical (unpaired) electrons. The number of nitrogens with zero attached hydrogens (tertiary/aromatic N) is 3. The predicted octanol–water partition coefficient (Wildman–Crippen LogP) is 4.07. The molecular weight excluding hydrogens is 306 g/mol. The van der Waals surface area contributed by atoms with Crippen LogP contribution in [-0.2, 0) is 0 Å². The average molecular weight is 323 g/mol. The van der Waals surface area contributed by atoms with Crippen LogP contribution in [0.15, 0.2) is 48.7 Å². The minimum Gasteiger partial charge on any atom is -0.490 e. The van der Waals surface area contributed by atoms with E-state index in [0.29, 0.717) is 11.5 Å². The molecule has 0 aliphatic rings. The number of hydrogen-bond donors (Lipinski definition) is 0. The number of aromatic nitrogens is 2. The fraction of sp³-hybridized carbons (Fsp3) is 0.167. The van der Waals surface area contributed by atoms with Crippen molar-refractivity contribution in [3.8, 4) is 22.8 Å². The molecule has 0 N–H and O–H groups in total. The van der Waals surface area contributed by atoms with Crippen molar-refractivity contribution in [2.45, 2.75) is 13.8 Å². The zero-order chi connectivity index (χ0) is 17.3. The summed E-state index contributed by atoms with van der Waals surface area (Å²) in [7, 11) is 1.42. The van der Waals surface area contributed by atoms with E-state index in [1.807, 2.05) is 38.1 Å². The maximum absolute atomic E-state index is 11.6. The molecule has 6 heteroatoms. The Kier molecular flexibility index (Phi) is 4.04. The lowest BCUT2D eigenvalue weighted by Crippen LogP contribution is -2.03. The third kappa shape index (κ3) is 2.62. The van der Waals surface area contributed by atoms with E-state index in [1.165, 1.54) is 7.11 Å². The molecular formula is C18H17N3O3. The van der Waals surface area contributed by atoms with Crippen molar-refractivity contribution in [3.05, 3.63) is 70.0 Å². The van der Waals surface area contributed by atoms with E-state index in [1.54, 1.807) is 29.0 Å². The number of aryl methyl sites for hydroxylation is 2. The number of benzene rings is 2. The highest BCUT2D eigenvalue weighted by atomic mass is 16.6. The second kappa shape index (κ2) is 6.16. The van der Waals surface area contributed by atoms with E-state index in [9.17, 15) is 10.1 Å². The van der Waals surface area contributed by atoms with Crippen molar-refractivity contribution < 1.29 is 9.66 Å². The Morgan fingerprint density at radius 3 is 2.54 bits per heavy atom. The summed E-state index contributed by atoms with van der Waals surface area (Å²) in [6.07, 6.45) is 1.80. The van der Waals surface area contributed by atoms with E-state index in [0.717, 1.165) is 16.8 Å². The monoisotopic (exact) mass is 323 g/mol. The zero-order valence-electron chi connectivity index (χ0n) is 13.7. The molecule has 1 aromatic heterocycles. The highest BCUT2D eigenvalue weighted by molar-refractivity contribution is 5.68. The van der Waals surface area contributed by atoms with Gasteiger partial charge in [-0.2, -0.15) is 0 Å². The molecule has 0 fully saturated rings. The molecule has 0 aliphatic heterocycles. The molecule has 0 bridgehead atoms. The van der Waals surface area contributed by atoms with Crippen molar-refractivity contribution in [3.63, 3.8) is 0 Å². The lowest BCUT2D eigenvalue weighted by atomic mass is 10.1. The Hall–Kier alpha value is -3.15. The second-order valence-electron chi connectivity index (χ2n) is 5.48. The third-order valence-corrected chi connectivity index (χ3v) is 3.85. The molecule has 3 aromatic rings. The SMILES string of the molecule is COc1cccc(-n2cc(C)nc2-c2ccccc2C)c1[N+](=O)[O-]. The Balaban J connectivity index is 2.30. The molecule has 2 aromatic carbocycles. The second-order valence-corrected chi connectivity index (χ2v) is 5.48. The number of rotatable bonds is 4. The summed E-state index contributed by atoms with van der Waals surface area (Å²) < 4.78 is 6.92. The number of nitro benzene ring substituents is 1. The van der Waals surface area contributed by atoms with E-state index >= 15 is 0 Å². The summed E-state index contributed by atoms with van der Waals surface area (Å²) in [6, 6.07) is 12.8. The summed E-state index contributed by atoms with van der Waals surface area (Å²) in [5, 5.41) is 11.6. The van der Waals surface area contributed by atoms with Gasteiger partial charge in [-0.3, -0.25) is 14.7 Å². The average Bonchev–Trinajstić information content (AvgIpc) is 2.95. The topological polar surface area (TPSA) is 70.2 Å². The van der Waals surface area contributed by atoms with Crippen molar-refractivity contribution in [2.75, 3.05) is 7.11 Å². The fourth-order valence-electron chi connectivity index (χ4n) is 2.75. The van der Waals surface area contributed by atoms with Crippen LogP contribution in [-0.4, -0.2) is 21.6 Å². The van der Waals surface area contributed by atoms with Gasteiger partial charge in [0.15, 0.2) is 5.75 Å². The Labute approximate surface area is 139 Å². The normalized spacial score (nSPS) is 10.6. The van der Waals surface area contributed by atoms with Crippen LogP contribution in [0, 0.1) is 24.0 Å². The molecule has 0 spiro atoms. The van der Waals surface area contributed by atoms with Gasteiger partial charge >= 0.3 is 5.69 Å². The predicted molar refractivity (Wildman–Crippen MR) is 91.7 cm³/mol. The molecule has 0 saturated carbocycles. The first kappa shape index (κ1) is 15.7. The van der Waals surface area contributed by atoms with Crippen molar-refractivity contribution in [2.24, 2.45) is 0 Å². The minimum absolute atomic E-state index is 0.0766. The quantitative estimate of drug-likeness (QED) is 0.536. The number of nitro groups is 1. The Morgan fingerprint density at radius 2 is 1.88 bits per heavy atom. The van der Waals surface area contributed by atoms with Crippen LogP contribution in [0.2, 0.25) is 0 Å². The molecule has 0 aliphatic carbocycles. The molecule has 24 heavy (non-hydrogen) atoms. The maximum Gasteiger partial charge on any atom is 0.334 e. The van der Waals surface area contributed by atoms with Gasteiger partial charge in [-0.1, -0.05) is 30.3 Å². The van der Waals surface area contributed by atoms with Crippen LogP contribution in [0.5, 0.6) is 5.75 Å². The maximum atomic E-state index is 11.6. The molecule has 3 rings (SSSR count). The van der Waals surface area contributed by atoms with Gasteiger partial charge in [-0.25, -0.2) is 4.98 Å². The highest BCUT2D eigenvalue weighted by Gasteiger charge is 2.24. The van der Waals surface area contributed by atoms with Crippen LogP contribution in [0.4, 0.5) is 5.69 Å². The summed E-state index contributed by atoms with van der Waals surface area (Å²) in [6.45, 7) is 3.86. The lowest BCUT2D eigenvalue weighted by Gasteiger charge is -2.12. The van der Waals surface area contributed by atoms with Gasteiger partial charge in [-0.05, 0) is 31.5 Å². The van der Waals surface area contributed by atoms with E-state index in [-0.39, 0.29) is 11.4 Å². The first-order chi connectivity index (χ1) is 11.5. The van der Waals surface area contributed by atoms with Crippen molar-refractivity contribution in [1.82, 2.24) is 9.55 Å². The number of ether oxygens (including phenoxy) is 1. The minimum atomic E-state index is -0.425. The van der Waals surface area contributed by atoms with E-state index in [4.69, 9.17) is 4.74 Å². The molecule has 122 valence electrons. The Morgan fingerprint density at radius 1 is 1.12 bits per heavy atom. The van der Waals surface area contributed by atoms with E-state index in [2.05, 4.69) is 4.98 Å². The number of imidazole rings is 1. The van der Waals surface area contributed by atoms with Crippen LogP contribution >= 0.6 is 0 Å². The first-order valence-corrected chi connectivity index (χ1v) is 7.46. The number of hydrogen-bond acceptors (Lipinski definition) is 4. The van der Waals surface area contributed by atoms with Gasteiger partial charge in [0.1, 0.15) is 11.5 Å². The zero-order valence-corrected chi connectivity index (χ0v) is 13.7. The summed E-state index contributed by atoms with van der Waals surface area (Å²) in [4.78, 5) is 15.7. The standard InChI is InChI=1S/C18H17N3O3/c1-12-7-4-5-8-14(12)18-19-13(2)11-20(18)15-9-6-10-16(24-3)17(15)21(22)23/h4-11H,1-3H3. The summed E-state index contributed by atoms with van der Waals surface area (Å²) in [5.41, 5.74) is 3.12. The molecule has 6 nitrogen and oxygen atoms in total. The smallest absolute Gasteiger partial charge is 0.334 e. The summed E-state index contributed by atoms with van der Waals surface area (Å²) in [5.74, 6) is 0.890. The molecule has 0 saturated heterocycles. The van der Waals surface area contributed by atoms with Crippen LogP contribution in [0.1, 0.15) is 11.3 Å². The Bertz CT molecular complexity index is 916. The molecule has 0 atom stereocenters. The number of methoxy groups -OCH3 is 1. The van der Waals surface area contributed by atoms with Gasteiger partial charge in [0.2, 0.25) is 0 Å². The third-order valence-electron chi connectivity index (χ3n) is 3.85. The van der Waals surface area contributed by atoms with Crippen LogP contribution in [0.3, 0.4) is 0 Å². The van der Waals surface area contributed by atoms with Crippen LogP contribution in [0.25, 0.3) is 17.1 Å². The van der Waals surface area contributed by atoms with Crippen LogP contribution < -0.4 is 4.74 Å². The molecule has 0 unspecified atom stereocenters. The van der Waals surface area contributed by atoms with Gasteiger partial charge < -0.3 is 4.74 Å². The lowest BCUT2D eigenvalue weighted by molar-refractivity contribution is -0.385. The van der Waals surface area contributed by atoms with Gasteiger partial charge in [-0.15, -0.1) is 0 Å². The van der Waals surface area contributed by atoms with Gasteiger partial charge in [0.05, 0.1) is 17.7 Å². The largest absolute Gasteiger partial charge is 0.490 e. The molecule has 1 heterocycles. The highest BCUT2D eigenvalue weighted by Crippen LogP contribution is 2.36. The fourth-order valence-corrected chi connectivity index (χ4v) is 2.75.